The highest BCUT2D eigenvalue weighted by molar-refractivity contribution is 7.99. The molecule has 0 aromatic heterocycles. The molecule has 1 spiro atoms. The van der Waals surface area contributed by atoms with Gasteiger partial charge in [0.2, 0.25) is 5.91 Å². The monoisotopic (exact) mass is 345 g/mol. The summed E-state index contributed by atoms with van der Waals surface area (Å²) >= 11 is 1.66. The van der Waals surface area contributed by atoms with Gasteiger partial charge in [-0.15, -0.1) is 0 Å². The largest absolute Gasteiger partial charge is 0.325 e. The van der Waals surface area contributed by atoms with Gasteiger partial charge in [0.25, 0.3) is 5.91 Å². The number of thioether (sulfide) groups is 1. The van der Waals surface area contributed by atoms with Crippen LogP contribution in [0.5, 0.6) is 0 Å². The minimum absolute atomic E-state index is 0.189. The number of imide groups is 1. The first-order valence-electron chi connectivity index (χ1n) is 8.21. The van der Waals surface area contributed by atoms with Crippen molar-refractivity contribution in [3.63, 3.8) is 0 Å². The summed E-state index contributed by atoms with van der Waals surface area (Å²) in [6, 6.07) is 7.37. The molecular weight excluding hydrogens is 326 g/mol. The average molecular weight is 345 g/mol. The molecular formula is C17H19N3O3S. The highest BCUT2D eigenvalue weighted by Gasteiger charge is 2.53. The zero-order valence-electron chi connectivity index (χ0n) is 13.3. The first kappa shape index (κ1) is 15.5. The van der Waals surface area contributed by atoms with Crippen molar-refractivity contribution < 1.29 is 14.4 Å². The minimum atomic E-state index is -0.790. The molecule has 3 heterocycles. The molecule has 4 amide bonds. The maximum absolute atomic E-state index is 12.8. The second-order valence-electron chi connectivity index (χ2n) is 6.48. The van der Waals surface area contributed by atoms with Crippen LogP contribution in [-0.4, -0.2) is 52.9 Å². The van der Waals surface area contributed by atoms with E-state index in [-0.39, 0.29) is 18.4 Å². The Morgan fingerprint density at radius 2 is 2.12 bits per heavy atom. The predicted octanol–water partition coefficient (Wildman–Crippen LogP) is 1.39. The molecule has 1 unspecified atom stereocenters. The van der Waals surface area contributed by atoms with Crippen LogP contribution in [0.15, 0.2) is 24.3 Å². The molecule has 3 aliphatic heterocycles. The Balaban J connectivity index is 1.53. The smallest absolute Gasteiger partial charge is 0.322 e. The highest BCUT2D eigenvalue weighted by Crippen LogP contribution is 2.33. The number of urea groups is 1. The molecule has 0 radical (unpaired) electrons. The summed E-state index contributed by atoms with van der Waals surface area (Å²) in [4.78, 5) is 40.4. The fourth-order valence-electron chi connectivity index (χ4n) is 3.67. The van der Waals surface area contributed by atoms with Gasteiger partial charge >= 0.3 is 6.03 Å². The van der Waals surface area contributed by atoms with E-state index in [0.717, 1.165) is 34.7 Å². The zero-order chi connectivity index (χ0) is 16.7. The van der Waals surface area contributed by atoms with Gasteiger partial charge in [-0.25, -0.2) is 4.79 Å². The average Bonchev–Trinajstić information content (AvgIpc) is 3.15. The molecule has 0 bridgehead atoms. The quantitative estimate of drug-likeness (QED) is 0.823. The van der Waals surface area contributed by atoms with Crippen molar-refractivity contribution in [2.45, 2.75) is 24.8 Å². The number of carbonyl (C=O) groups is 3. The van der Waals surface area contributed by atoms with E-state index < -0.39 is 11.6 Å². The van der Waals surface area contributed by atoms with Crippen molar-refractivity contribution in [3.8, 4) is 0 Å². The summed E-state index contributed by atoms with van der Waals surface area (Å²) in [7, 11) is 0. The summed E-state index contributed by atoms with van der Waals surface area (Å²) in [5.41, 5.74) is 1.24. The Kier molecular flexibility index (Phi) is 3.75. The van der Waals surface area contributed by atoms with Crippen LogP contribution in [0.2, 0.25) is 0 Å². The third-order valence-corrected chi connectivity index (χ3v) is 6.16. The van der Waals surface area contributed by atoms with Crippen LogP contribution in [0.25, 0.3) is 0 Å². The molecule has 2 fully saturated rings. The third kappa shape index (κ3) is 2.38. The molecule has 0 saturated carbocycles. The van der Waals surface area contributed by atoms with Gasteiger partial charge in [-0.05, 0) is 36.6 Å². The molecule has 4 rings (SSSR count). The lowest BCUT2D eigenvalue weighted by Crippen LogP contribution is -2.48. The Hall–Kier alpha value is -2.02. The van der Waals surface area contributed by atoms with Gasteiger partial charge in [-0.1, -0.05) is 18.2 Å². The number of amides is 4. The van der Waals surface area contributed by atoms with Crippen LogP contribution >= 0.6 is 11.8 Å². The number of benzene rings is 1. The second-order valence-corrected chi connectivity index (χ2v) is 7.59. The van der Waals surface area contributed by atoms with E-state index in [1.165, 1.54) is 0 Å². The molecule has 3 aliphatic rings. The van der Waals surface area contributed by atoms with E-state index in [9.17, 15) is 14.4 Å². The van der Waals surface area contributed by atoms with Crippen LogP contribution in [-0.2, 0) is 16.0 Å². The van der Waals surface area contributed by atoms with E-state index in [2.05, 4.69) is 5.32 Å². The fourth-order valence-corrected chi connectivity index (χ4v) is 4.99. The molecule has 1 N–H and O–H groups in total. The molecule has 126 valence electrons. The van der Waals surface area contributed by atoms with Gasteiger partial charge in [0.15, 0.2) is 0 Å². The number of para-hydroxylation sites is 1. The summed E-state index contributed by atoms with van der Waals surface area (Å²) in [6.45, 7) is 0.436. The molecule has 0 aliphatic carbocycles. The third-order valence-electron chi connectivity index (χ3n) is 4.97. The summed E-state index contributed by atoms with van der Waals surface area (Å²) in [6.07, 6.45) is 2.48. The van der Waals surface area contributed by atoms with Gasteiger partial charge in [-0.3, -0.25) is 14.5 Å². The number of aryl methyl sites for hydroxylation is 1. The van der Waals surface area contributed by atoms with Crippen molar-refractivity contribution in [1.29, 1.82) is 0 Å². The van der Waals surface area contributed by atoms with Crippen LogP contribution in [0.3, 0.4) is 0 Å². The summed E-state index contributed by atoms with van der Waals surface area (Å²) in [5, 5.41) is 2.80. The number of fused-ring (bicyclic) bond motifs is 1. The maximum atomic E-state index is 12.8. The maximum Gasteiger partial charge on any atom is 0.325 e. The molecule has 7 heteroatoms. The topological polar surface area (TPSA) is 69.7 Å². The Bertz CT molecular complexity index is 715. The number of anilines is 1. The summed E-state index contributed by atoms with van der Waals surface area (Å²) < 4.78 is 0. The van der Waals surface area contributed by atoms with Gasteiger partial charge in [-0.2, -0.15) is 11.8 Å². The number of nitrogens with one attached hydrogen (secondary N) is 1. The van der Waals surface area contributed by atoms with Crippen LogP contribution < -0.4 is 10.2 Å². The molecule has 1 aromatic rings. The van der Waals surface area contributed by atoms with Gasteiger partial charge in [0.1, 0.15) is 12.1 Å². The number of rotatable bonds is 2. The zero-order valence-corrected chi connectivity index (χ0v) is 14.1. The van der Waals surface area contributed by atoms with Crippen molar-refractivity contribution in [3.05, 3.63) is 29.8 Å². The highest BCUT2D eigenvalue weighted by atomic mass is 32.2. The van der Waals surface area contributed by atoms with Crippen molar-refractivity contribution in [2.75, 3.05) is 29.5 Å². The van der Waals surface area contributed by atoms with Gasteiger partial charge in [0.05, 0.1) is 0 Å². The SMILES string of the molecule is O=C1NC2(CCSC2)C(=O)N1CC(=O)N1CCCc2ccccc21. The minimum Gasteiger partial charge on any atom is -0.322 e. The predicted molar refractivity (Wildman–Crippen MR) is 92.0 cm³/mol. The van der Waals surface area contributed by atoms with Crippen LogP contribution in [0.1, 0.15) is 18.4 Å². The Morgan fingerprint density at radius 1 is 1.29 bits per heavy atom. The molecule has 1 atom stereocenters. The second kappa shape index (κ2) is 5.81. The molecule has 2 saturated heterocycles. The lowest BCUT2D eigenvalue weighted by Gasteiger charge is -2.30. The lowest BCUT2D eigenvalue weighted by atomic mass is 9.99. The van der Waals surface area contributed by atoms with Crippen molar-refractivity contribution in [1.82, 2.24) is 10.2 Å². The normalized spacial score (nSPS) is 26.0. The number of carbonyl (C=O) groups excluding carboxylic acids is 3. The van der Waals surface area contributed by atoms with Crippen LogP contribution in [0, 0.1) is 0 Å². The van der Waals surface area contributed by atoms with Crippen molar-refractivity contribution in [2.24, 2.45) is 0 Å². The standard InChI is InChI=1S/C17H19N3O3S/c21-14(19-8-3-5-12-4-1-2-6-13(12)19)10-20-15(22)17(18-16(20)23)7-9-24-11-17/h1-2,4,6H,3,5,7-11H2,(H,18,23). The number of hydrogen-bond acceptors (Lipinski definition) is 4. The van der Waals surface area contributed by atoms with E-state index in [0.29, 0.717) is 18.7 Å². The number of hydrogen-bond donors (Lipinski definition) is 1. The summed E-state index contributed by atoms with van der Waals surface area (Å²) in [5.74, 6) is 0.992. The van der Waals surface area contributed by atoms with Crippen molar-refractivity contribution >= 4 is 35.3 Å². The molecule has 6 nitrogen and oxygen atoms in total. The Morgan fingerprint density at radius 3 is 2.92 bits per heavy atom. The van der Waals surface area contributed by atoms with E-state index in [1.54, 1.807) is 16.7 Å². The van der Waals surface area contributed by atoms with E-state index in [1.807, 2.05) is 24.3 Å². The van der Waals surface area contributed by atoms with Crippen LogP contribution in [0.4, 0.5) is 10.5 Å². The fraction of sp³-hybridized carbons (Fsp3) is 0.471. The van der Waals surface area contributed by atoms with E-state index in [4.69, 9.17) is 0 Å². The first-order valence-corrected chi connectivity index (χ1v) is 9.36. The lowest BCUT2D eigenvalue weighted by molar-refractivity contribution is -0.133. The first-order chi connectivity index (χ1) is 11.6. The van der Waals surface area contributed by atoms with Gasteiger partial charge < -0.3 is 10.2 Å². The van der Waals surface area contributed by atoms with E-state index >= 15 is 0 Å². The Labute approximate surface area is 144 Å². The molecule has 24 heavy (non-hydrogen) atoms. The number of nitrogens with zero attached hydrogens (tertiary/aromatic N) is 2. The molecule has 1 aromatic carbocycles. The van der Waals surface area contributed by atoms with Gasteiger partial charge in [0, 0.05) is 18.0 Å².